The van der Waals surface area contributed by atoms with Crippen LogP contribution in [0.3, 0.4) is 0 Å². The third-order valence-electron chi connectivity index (χ3n) is 6.79. The molecular weight excluding hydrogens is 552 g/mol. The Kier molecular flexibility index (Phi) is 11.5. The summed E-state index contributed by atoms with van der Waals surface area (Å²) in [5, 5.41) is 0.584. The van der Waals surface area contributed by atoms with Crippen LogP contribution in [-0.2, 0) is 34.3 Å². The first kappa shape index (κ1) is 30.5. The van der Waals surface area contributed by atoms with Gasteiger partial charge < -0.3 is 9.30 Å². The van der Waals surface area contributed by atoms with E-state index in [1.807, 2.05) is 66.7 Å². The molecule has 0 radical (unpaired) electrons. The highest BCUT2D eigenvalue weighted by molar-refractivity contribution is 7.84. The highest BCUT2D eigenvalue weighted by Gasteiger charge is 2.10. The Balaban J connectivity index is 1.34. The van der Waals surface area contributed by atoms with E-state index in [1.165, 1.54) is 0 Å². The molecule has 0 aliphatic carbocycles. The van der Waals surface area contributed by atoms with Gasteiger partial charge in [-0.05, 0) is 83.6 Å². The fourth-order valence-electron chi connectivity index (χ4n) is 4.35. The number of aromatic nitrogens is 2. The zero-order chi connectivity index (χ0) is 29.0. The van der Waals surface area contributed by atoms with Crippen LogP contribution in [0.5, 0.6) is 5.75 Å². The lowest BCUT2D eigenvalue weighted by Crippen LogP contribution is -2.05. The second-order valence-corrected chi connectivity index (χ2v) is 11.9. The summed E-state index contributed by atoms with van der Waals surface area (Å²) in [5.41, 5.74) is 4.68. The average molecular weight is 589 g/mol. The number of aryl methyl sites for hydroxylation is 1. The number of ether oxygens (including phenoxy) is 1. The first-order chi connectivity index (χ1) is 20.0. The fraction of sp³-hybridized carbons (Fsp3) is 0.294. The number of hydrogen-bond acceptors (Lipinski definition) is 4. The van der Waals surface area contributed by atoms with E-state index >= 15 is 0 Å². The summed E-state index contributed by atoms with van der Waals surface area (Å²) in [5.74, 6) is 1.24. The van der Waals surface area contributed by atoms with Crippen LogP contribution in [0, 0.1) is 0 Å². The van der Waals surface area contributed by atoms with Gasteiger partial charge >= 0.3 is 0 Å². The zero-order valence-electron chi connectivity index (χ0n) is 23.7. The summed E-state index contributed by atoms with van der Waals surface area (Å²) in [4.78, 5) is 17.7. The average Bonchev–Trinajstić information content (AvgIpc) is 3.43. The molecule has 0 aliphatic heterocycles. The highest BCUT2D eigenvalue weighted by Crippen LogP contribution is 2.28. The Bertz CT molecular complexity index is 1480. The van der Waals surface area contributed by atoms with Gasteiger partial charge in [-0.15, -0.1) is 0 Å². The summed E-state index contributed by atoms with van der Waals surface area (Å²) >= 11 is 6.44. The Hall–Kier alpha value is -3.48. The van der Waals surface area contributed by atoms with Crippen molar-refractivity contribution in [2.75, 3.05) is 6.61 Å². The number of imidazole rings is 1. The lowest BCUT2D eigenvalue weighted by Gasteiger charge is -2.08. The SMILES string of the molecule is CCCCOc1ccc(-c2ccc(Cl)c(/C=C/C(=O)Cc3ccc([S@@](=O)Cc4cncn4CCCC)cc3)c2)cc1. The van der Waals surface area contributed by atoms with E-state index in [4.69, 9.17) is 16.3 Å². The number of nitrogens with zero attached hydrogens (tertiary/aromatic N) is 2. The van der Waals surface area contributed by atoms with Gasteiger partial charge in [-0.25, -0.2) is 4.98 Å². The molecule has 4 rings (SSSR count). The van der Waals surface area contributed by atoms with Gasteiger partial charge in [0, 0.05) is 29.1 Å². The minimum atomic E-state index is -1.18. The van der Waals surface area contributed by atoms with Crippen LogP contribution in [0.15, 0.2) is 90.2 Å². The molecule has 4 aromatic rings. The molecule has 0 unspecified atom stereocenters. The van der Waals surface area contributed by atoms with Crippen molar-refractivity contribution >= 4 is 34.3 Å². The van der Waals surface area contributed by atoms with Crippen LogP contribution in [0.25, 0.3) is 17.2 Å². The van der Waals surface area contributed by atoms with E-state index in [9.17, 15) is 9.00 Å². The molecule has 1 atom stereocenters. The van der Waals surface area contributed by atoms with Crippen LogP contribution >= 0.6 is 11.6 Å². The van der Waals surface area contributed by atoms with Crippen LogP contribution in [0.4, 0.5) is 0 Å². The topological polar surface area (TPSA) is 61.2 Å². The number of carbonyl (C=O) groups excluding carboxylic acids is 1. The second-order valence-electron chi connectivity index (χ2n) is 10.0. The van der Waals surface area contributed by atoms with Gasteiger partial charge in [0.2, 0.25) is 0 Å². The number of hydrogen-bond donors (Lipinski definition) is 0. The zero-order valence-corrected chi connectivity index (χ0v) is 25.3. The van der Waals surface area contributed by atoms with Crippen molar-refractivity contribution in [2.24, 2.45) is 0 Å². The Morgan fingerprint density at radius 1 is 0.976 bits per heavy atom. The molecule has 0 N–H and O–H groups in total. The van der Waals surface area contributed by atoms with Gasteiger partial charge in [-0.2, -0.15) is 0 Å². The van der Waals surface area contributed by atoms with Gasteiger partial charge in [-0.3, -0.25) is 9.00 Å². The number of ketones is 1. The molecule has 1 aromatic heterocycles. The molecule has 3 aromatic carbocycles. The molecule has 0 saturated heterocycles. The largest absolute Gasteiger partial charge is 0.494 e. The molecule has 0 aliphatic rings. The van der Waals surface area contributed by atoms with Crippen LogP contribution in [0.1, 0.15) is 56.4 Å². The lowest BCUT2D eigenvalue weighted by molar-refractivity contribution is -0.113. The maximum atomic E-state index is 12.9. The second kappa shape index (κ2) is 15.5. The maximum absolute atomic E-state index is 12.9. The number of allylic oxidation sites excluding steroid dienone is 1. The number of halogens is 1. The molecule has 1 heterocycles. The van der Waals surface area contributed by atoms with Crippen LogP contribution in [0.2, 0.25) is 5.02 Å². The molecule has 0 fully saturated rings. The summed E-state index contributed by atoms with van der Waals surface area (Å²) in [7, 11) is -1.18. The first-order valence-electron chi connectivity index (χ1n) is 14.2. The standard InChI is InChI=1S/C34H37ClN2O3S/c1-3-5-19-37-25-36-23-30(37)24-41(39)33-16-7-26(8-17-33)21-31(38)13-9-29-22-28(12-18-34(29)35)27-10-14-32(15-11-27)40-20-6-4-2/h7-18,22-23,25H,3-6,19-21,24H2,1-2H3/b13-9+/t41-/m0/s1. The predicted octanol–water partition coefficient (Wildman–Crippen LogP) is 8.32. The number of unbranched alkanes of at least 4 members (excludes halogenated alkanes) is 2. The predicted molar refractivity (Wildman–Crippen MR) is 169 cm³/mol. The van der Waals surface area contributed by atoms with Gasteiger partial charge in [-0.1, -0.05) is 68.6 Å². The van der Waals surface area contributed by atoms with Crippen molar-refractivity contribution in [3.05, 3.63) is 107 Å². The van der Waals surface area contributed by atoms with Gasteiger partial charge in [0.1, 0.15) is 5.75 Å². The molecule has 0 saturated carbocycles. The third kappa shape index (κ3) is 9.00. The van der Waals surface area contributed by atoms with Crippen molar-refractivity contribution in [3.8, 4) is 16.9 Å². The van der Waals surface area contributed by atoms with Gasteiger partial charge in [0.25, 0.3) is 0 Å². The van der Waals surface area contributed by atoms with E-state index in [1.54, 1.807) is 24.7 Å². The van der Waals surface area contributed by atoms with Crippen molar-refractivity contribution in [1.29, 1.82) is 0 Å². The van der Waals surface area contributed by atoms with Gasteiger partial charge in [0.05, 0.1) is 35.2 Å². The summed E-state index contributed by atoms with van der Waals surface area (Å²) in [6.07, 6.45) is 11.5. The molecular formula is C34H37ClN2O3S. The Morgan fingerprint density at radius 3 is 2.44 bits per heavy atom. The van der Waals surface area contributed by atoms with E-state index in [0.717, 1.165) is 77.4 Å². The van der Waals surface area contributed by atoms with Crippen molar-refractivity contribution < 1.29 is 13.7 Å². The normalized spacial score (nSPS) is 12.1. The number of carbonyl (C=O) groups is 1. The minimum Gasteiger partial charge on any atom is -0.494 e. The Morgan fingerprint density at radius 2 is 1.71 bits per heavy atom. The van der Waals surface area contributed by atoms with E-state index in [-0.39, 0.29) is 12.2 Å². The monoisotopic (exact) mass is 588 g/mol. The summed E-state index contributed by atoms with van der Waals surface area (Å²) in [6, 6.07) is 21.2. The Labute approximate surface area is 250 Å². The van der Waals surface area contributed by atoms with Crippen molar-refractivity contribution in [2.45, 2.75) is 63.1 Å². The first-order valence-corrected chi connectivity index (χ1v) is 15.9. The molecule has 5 nitrogen and oxygen atoms in total. The minimum absolute atomic E-state index is 0.0336. The highest BCUT2D eigenvalue weighted by atomic mass is 35.5. The smallest absolute Gasteiger partial charge is 0.160 e. The molecule has 214 valence electrons. The van der Waals surface area contributed by atoms with Crippen molar-refractivity contribution in [1.82, 2.24) is 9.55 Å². The lowest BCUT2D eigenvalue weighted by atomic mass is 10.0. The van der Waals surface area contributed by atoms with Gasteiger partial charge in [0.15, 0.2) is 5.78 Å². The number of benzene rings is 3. The molecule has 0 bridgehead atoms. The van der Waals surface area contributed by atoms with E-state index in [0.29, 0.717) is 10.8 Å². The fourth-order valence-corrected chi connectivity index (χ4v) is 5.64. The van der Waals surface area contributed by atoms with Crippen molar-refractivity contribution in [3.63, 3.8) is 0 Å². The molecule has 0 amide bonds. The third-order valence-corrected chi connectivity index (χ3v) is 8.49. The molecule has 0 spiro atoms. The maximum Gasteiger partial charge on any atom is 0.160 e. The summed E-state index contributed by atoms with van der Waals surface area (Å²) < 4.78 is 20.8. The van der Waals surface area contributed by atoms with E-state index < -0.39 is 10.8 Å². The molecule has 41 heavy (non-hydrogen) atoms. The van der Waals surface area contributed by atoms with Crippen LogP contribution < -0.4 is 4.74 Å². The molecule has 7 heteroatoms. The van der Waals surface area contributed by atoms with E-state index in [2.05, 4.69) is 23.4 Å². The quantitative estimate of drug-likeness (QED) is 0.103. The summed E-state index contributed by atoms with van der Waals surface area (Å²) in [6.45, 7) is 5.89. The number of rotatable bonds is 15. The van der Waals surface area contributed by atoms with Crippen LogP contribution in [-0.4, -0.2) is 26.2 Å².